The number of carbonyl (C=O) groups excluding carboxylic acids is 1. The molecule has 0 fully saturated rings. The third kappa shape index (κ3) is 1.69. The van der Waals surface area contributed by atoms with Crippen molar-refractivity contribution in [3.8, 4) is 0 Å². The first kappa shape index (κ1) is 11.3. The van der Waals surface area contributed by atoms with Gasteiger partial charge in [-0.2, -0.15) is 0 Å². The zero-order chi connectivity index (χ0) is 12.7. The van der Waals surface area contributed by atoms with Crippen molar-refractivity contribution in [2.24, 2.45) is 0 Å². The third-order valence-corrected chi connectivity index (χ3v) is 3.55. The number of hydrogen-bond donors (Lipinski definition) is 1. The summed E-state index contributed by atoms with van der Waals surface area (Å²) in [6, 6.07) is 7.54. The first-order valence-electron chi connectivity index (χ1n) is 5.52. The van der Waals surface area contributed by atoms with Crippen LogP contribution in [0.3, 0.4) is 0 Å². The van der Waals surface area contributed by atoms with Gasteiger partial charge in [-0.3, -0.25) is 4.79 Å². The number of furan rings is 1. The lowest BCUT2D eigenvalue weighted by atomic mass is 10.1. The molecule has 0 aliphatic carbocycles. The molecule has 18 heavy (non-hydrogen) atoms. The highest BCUT2D eigenvalue weighted by Crippen LogP contribution is 2.28. The van der Waals surface area contributed by atoms with Crippen molar-refractivity contribution >= 4 is 32.6 Å². The summed E-state index contributed by atoms with van der Waals surface area (Å²) < 4.78 is 6.09. The fourth-order valence-corrected chi connectivity index (χ4v) is 2.62. The number of nitrogens with one attached hydrogen (secondary N) is 1. The molecule has 1 N–H and O–H groups in total. The smallest absolute Gasteiger partial charge is 0.198 e. The number of fused-ring (bicyclic) bond motifs is 1. The van der Waals surface area contributed by atoms with E-state index in [9.17, 15) is 4.79 Å². The van der Waals surface area contributed by atoms with E-state index in [0.717, 1.165) is 21.1 Å². The van der Waals surface area contributed by atoms with Gasteiger partial charge in [0.05, 0.1) is 5.56 Å². The van der Waals surface area contributed by atoms with Crippen molar-refractivity contribution in [1.29, 1.82) is 0 Å². The Morgan fingerprint density at radius 3 is 2.94 bits per heavy atom. The van der Waals surface area contributed by atoms with Gasteiger partial charge in [0.15, 0.2) is 5.78 Å². The maximum Gasteiger partial charge on any atom is 0.198 e. The topological polar surface area (TPSA) is 46.0 Å². The van der Waals surface area contributed by atoms with E-state index in [2.05, 4.69) is 20.9 Å². The lowest BCUT2D eigenvalue weighted by Crippen LogP contribution is -1.98. The number of carbonyl (C=O) groups is 1. The summed E-state index contributed by atoms with van der Waals surface area (Å²) in [5.41, 5.74) is 2.16. The van der Waals surface area contributed by atoms with E-state index < -0.39 is 0 Å². The van der Waals surface area contributed by atoms with Crippen LogP contribution in [0.15, 0.2) is 45.6 Å². The monoisotopic (exact) mass is 303 g/mol. The maximum atomic E-state index is 12.4. The molecule has 0 radical (unpaired) electrons. The minimum Gasteiger partial charge on any atom is -0.469 e. The van der Waals surface area contributed by atoms with Crippen LogP contribution in [0.5, 0.6) is 0 Å². The molecule has 0 bridgehead atoms. The second-order valence-corrected chi connectivity index (χ2v) is 4.99. The van der Waals surface area contributed by atoms with Gasteiger partial charge in [0.2, 0.25) is 0 Å². The van der Waals surface area contributed by atoms with Gasteiger partial charge in [-0.05, 0) is 25.1 Å². The Bertz CT molecular complexity index is 739. The molecule has 90 valence electrons. The van der Waals surface area contributed by atoms with Crippen LogP contribution in [0.25, 0.3) is 10.9 Å². The molecular weight excluding hydrogens is 294 g/mol. The number of rotatable bonds is 2. The number of aromatic nitrogens is 1. The molecule has 2 aromatic heterocycles. The van der Waals surface area contributed by atoms with Crippen LogP contribution in [0.2, 0.25) is 0 Å². The molecule has 2 heterocycles. The van der Waals surface area contributed by atoms with Gasteiger partial charge in [-0.15, -0.1) is 0 Å². The molecular formula is C14H10BrNO2. The Kier molecular flexibility index (Phi) is 2.59. The Labute approximate surface area is 112 Å². The van der Waals surface area contributed by atoms with Gasteiger partial charge in [-0.25, -0.2) is 0 Å². The zero-order valence-electron chi connectivity index (χ0n) is 9.66. The molecule has 3 nitrogen and oxygen atoms in total. The summed E-state index contributed by atoms with van der Waals surface area (Å²) in [6.45, 7) is 1.82. The lowest BCUT2D eigenvalue weighted by molar-refractivity contribution is 0.103. The highest BCUT2D eigenvalue weighted by atomic mass is 79.9. The summed E-state index contributed by atoms with van der Waals surface area (Å²) in [6.07, 6.45) is 3.23. The van der Waals surface area contributed by atoms with E-state index in [1.807, 2.05) is 25.1 Å². The van der Waals surface area contributed by atoms with Gasteiger partial charge < -0.3 is 9.40 Å². The third-order valence-electron chi connectivity index (χ3n) is 2.89. The average molecular weight is 304 g/mol. The first-order valence-corrected chi connectivity index (χ1v) is 6.31. The van der Waals surface area contributed by atoms with Crippen LogP contribution >= 0.6 is 15.9 Å². The number of aryl methyl sites for hydroxylation is 1. The molecule has 0 saturated heterocycles. The van der Waals surface area contributed by atoms with Crippen molar-refractivity contribution in [3.05, 3.63) is 58.1 Å². The molecule has 0 spiro atoms. The Morgan fingerprint density at radius 1 is 1.39 bits per heavy atom. The molecule has 0 aliphatic rings. The Balaban J connectivity index is 2.18. The van der Waals surface area contributed by atoms with Crippen LogP contribution in [0.1, 0.15) is 21.7 Å². The van der Waals surface area contributed by atoms with E-state index in [0.29, 0.717) is 11.1 Å². The zero-order valence-corrected chi connectivity index (χ0v) is 11.2. The van der Waals surface area contributed by atoms with Crippen LogP contribution in [-0.2, 0) is 0 Å². The molecule has 0 unspecified atom stereocenters. The summed E-state index contributed by atoms with van der Waals surface area (Å²) >= 11 is 3.48. The fourth-order valence-electron chi connectivity index (χ4n) is 2.04. The van der Waals surface area contributed by atoms with Gasteiger partial charge in [0, 0.05) is 27.1 Å². The van der Waals surface area contributed by atoms with Gasteiger partial charge in [0.1, 0.15) is 12.0 Å². The maximum absolute atomic E-state index is 12.4. The number of ketones is 1. The van der Waals surface area contributed by atoms with E-state index in [4.69, 9.17) is 4.42 Å². The molecule has 0 atom stereocenters. The molecule has 0 amide bonds. The largest absolute Gasteiger partial charge is 0.469 e. The number of hydrogen-bond acceptors (Lipinski definition) is 2. The van der Waals surface area contributed by atoms with Crippen LogP contribution in [0, 0.1) is 6.92 Å². The minimum atomic E-state index is -0.0370. The second-order valence-electron chi connectivity index (χ2n) is 4.14. The van der Waals surface area contributed by atoms with Gasteiger partial charge in [0.25, 0.3) is 0 Å². The Morgan fingerprint density at radius 2 is 2.22 bits per heavy atom. The molecule has 0 saturated carbocycles. The predicted octanol–water partition coefficient (Wildman–Crippen LogP) is 4.06. The van der Waals surface area contributed by atoms with Crippen LogP contribution < -0.4 is 0 Å². The van der Waals surface area contributed by atoms with Crippen molar-refractivity contribution in [3.63, 3.8) is 0 Å². The Hall–Kier alpha value is -1.81. The molecule has 4 heteroatoms. The molecule has 3 aromatic rings. The predicted molar refractivity (Wildman–Crippen MR) is 72.9 cm³/mol. The van der Waals surface area contributed by atoms with E-state index >= 15 is 0 Å². The molecule has 0 aliphatic heterocycles. The fraction of sp³-hybridized carbons (Fsp3) is 0.0714. The second kappa shape index (κ2) is 4.14. The quantitative estimate of drug-likeness (QED) is 0.726. The number of H-pyrrole nitrogens is 1. The van der Waals surface area contributed by atoms with Crippen molar-refractivity contribution in [2.75, 3.05) is 0 Å². The summed E-state index contributed by atoms with van der Waals surface area (Å²) in [5.74, 6) is 0.697. The lowest BCUT2D eigenvalue weighted by Gasteiger charge is -1.98. The average Bonchev–Trinajstić information content (AvgIpc) is 2.95. The van der Waals surface area contributed by atoms with E-state index in [1.165, 1.54) is 6.26 Å². The standard InChI is InChI=1S/C14H10BrNO2/c1-8-5-9(7-18-8)14(17)10-6-16-12-4-2-3-11(15)13(10)12/h2-7,16H,1H3. The van der Waals surface area contributed by atoms with Crippen molar-refractivity contribution < 1.29 is 9.21 Å². The summed E-state index contributed by atoms with van der Waals surface area (Å²) in [7, 11) is 0. The van der Waals surface area contributed by atoms with Gasteiger partial charge >= 0.3 is 0 Å². The number of halogens is 1. The number of aromatic amines is 1. The summed E-state index contributed by atoms with van der Waals surface area (Å²) in [4.78, 5) is 15.5. The molecule has 1 aromatic carbocycles. The van der Waals surface area contributed by atoms with Crippen LogP contribution in [-0.4, -0.2) is 10.8 Å². The van der Waals surface area contributed by atoms with E-state index in [1.54, 1.807) is 12.3 Å². The SMILES string of the molecule is Cc1cc(C(=O)c2c[nH]c3cccc(Br)c23)co1. The van der Waals surface area contributed by atoms with E-state index in [-0.39, 0.29) is 5.78 Å². The highest BCUT2D eigenvalue weighted by molar-refractivity contribution is 9.10. The van der Waals surface area contributed by atoms with Crippen LogP contribution in [0.4, 0.5) is 0 Å². The number of benzene rings is 1. The minimum absolute atomic E-state index is 0.0370. The first-order chi connectivity index (χ1) is 8.66. The normalized spacial score (nSPS) is 11.0. The van der Waals surface area contributed by atoms with Crippen molar-refractivity contribution in [1.82, 2.24) is 4.98 Å². The van der Waals surface area contributed by atoms with Gasteiger partial charge in [-0.1, -0.05) is 22.0 Å². The highest BCUT2D eigenvalue weighted by Gasteiger charge is 2.17. The molecule has 3 rings (SSSR count). The summed E-state index contributed by atoms with van der Waals surface area (Å²) in [5, 5.41) is 0.904. The van der Waals surface area contributed by atoms with Crippen molar-refractivity contribution in [2.45, 2.75) is 6.92 Å².